The second-order valence-corrected chi connectivity index (χ2v) is 5.32. The van der Waals surface area contributed by atoms with Crippen LogP contribution in [0.25, 0.3) is 0 Å². The van der Waals surface area contributed by atoms with Crippen molar-refractivity contribution in [3.05, 3.63) is 0 Å². The summed E-state index contributed by atoms with van der Waals surface area (Å²) >= 11 is 0. The second kappa shape index (κ2) is 8.51. The summed E-state index contributed by atoms with van der Waals surface area (Å²) in [5.41, 5.74) is 0. The molecule has 1 aliphatic rings. The molecular formula is C14H27NO2. The van der Waals surface area contributed by atoms with Gasteiger partial charge in [0.25, 0.3) is 0 Å². The minimum Gasteiger partial charge on any atom is -0.481 e. The van der Waals surface area contributed by atoms with Crippen molar-refractivity contribution in [1.82, 2.24) is 4.90 Å². The Morgan fingerprint density at radius 1 is 1.24 bits per heavy atom. The van der Waals surface area contributed by atoms with Crippen LogP contribution in [0.2, 0.25) is 0 Å². The second-order valence-electron chi connectivity index (χ2n) is 5.32. The standard InChI is InChI=1S/C14H27NO2/c1-2-3-4-5-6-7-9-15-10-8-13(12-15)11-14(16)17/h13H,2-12H2,1H3,(H,16,17). The van der Waals surface area contributed by atoms with Crippen LogP contribution in [0, 0.1) is 5.92 Å². The van der Waals surface area contributed by atoms with E-state index in [4.69, 9.17) is 5.11 Å². The molecule has 0 radical (unpaired) electrons. The van der Waals surface area contributed by atoms with Gasteiger partial charge in [0, 0.05) is 13.0 Å². The lowest BCUT2D eigenvalue weighted by molar-refractivity contribution is -0.138. The van der Waals surface area contributed by atoms with Crippen molar-refractivity contribution >= 4 is 5.97 Å². The quantitative estimate of drug-likeness (QED) is 0.630. The number of carbonyl (C=O) groups is 1. The van der Waals surface area contributed by atoms with Gasteiger partial charge in [-0.25, -0.2) is 0 Å². The Labute approximate surface area is 105 Å². The molecule has 1 saturated heterocycles. The molecule has 1 unspecified atom stereocenters. The molecular weight excluding hydrogens is 214 g/mol. The number of rotatable bonds is 9. The van der Waals surface area contributed by atoms with Crippen LogP contribution in [0.5, 0.6) is 0 Å². The SMILES string of the molecule is CCCCCCCCN1CCC(CC(=O)O)C1. The number of hydrogen-bond acceptors (Lipinski definition) is 2. The molecule has 3 nitrogen and oxygen atoms in total. The summed E-state index contributed by atoms with van der Waals surface area (Å²) < 4.78 is 0. The molecule has 0 aromatic rings. The third-order valence-corrected chi connectivity index (χ3v) is 3.66. The van der Waals surface area contributed by atoms with E-state index < -0.39 is 5.97 Å². The Morgan fingerprint density at radius 2 is 1.94 bits per heavy atom. The Kier molecular flexibility index (Phi) is 7.25. The van der Waals surface area contributed by atoms with Crippen molar-refractivity contribution in [2.24, 2.45) is 5.92 Å². The van der Waals surface area contributed by atoms with Crippen molar-refractivity contribution in [2.45, 2.75) is 58.3 Å². The van der Waals surface area contributed by atoms with Gasteiger partial charge >= 0.3 is 5.97 Å². The Bertz CT molecular complexity index is 218. The summed E-state index contributed by atoms with van der Waals surface area (Å²) in [6, 6.07) is 0. The van der Waals surface area contributed by atoms with E-state index in [9.17, 15) is 4.79 Å². The third-order valence-electron chi connectivity index (χ3n) is 3.66. The van der Waals surface area contributed by atoms with E-state index in [0.29, 0.717) is 12.3 Å². The summed E-state index contributed by atoms with van der Waals surface area (Å²) in [4.78, 5) is 13.0. The monoisotopic (exact) mass is 241 g/mol. The lowest BCUT2D eigenvalue weighted by atomic mass is 10.1. The number of carboxylic acid groups (broad SMARTS) is 1. The van der Waals surface area contributed by atoms with Gasteiger partial charge in [-0.05, 0) is 31.8 Å². The molecule has 100 valence electrons. The number of hydrogen-bond donors (Lipinski definition) is 1. The van der Waals surface area contributed by atoms with E-state index in [2.05, 4.69) is 11.8 Å². The van der Waals surface area contributed by atoms with Crippen LogP contribution in [0.4, 0.5) is 0 Å². The molecule has 3 heteroatoms. The van der Waals surface area contributed by atoms with Crippen LogP contribution in [-0.4, -0.2) is 35.6 Å². The van der Waals surface area contributed by atoms with E-state index in [1.807, 2.05) is 0 Å². The molecule has 0 saturated carbocycles. The molecule has 0 aromatic heterocycles. The maximum Gasteiger partial charge on any atom is 0.303 e. The highest BCUT2D eigenvalue weighted by Gasteiger charge is 2.23. The van der Waals surface area contributed by atoms with Crippen molar-refractivity contribution in [1.29, 1.82) is 0 Å². The predicted octanol–water partition coefficient (Wildman–Crippen LogP) is 3.14. The fourth-order valence-electron chi connectivity index (χ4n) is 2.65. The first-order valence-corrected chi connectivity index (χ1v) is 7.16. The number of likely N-dealkylation sites (tertiary alicyclic amines) is 1. The van der Waals surface area contributed by atoms with Crippen LogP contribution in [0.3, 0.4) is 0 Å². The first-order chi connectivity index (χ1) is 8.22. The number of unbranched alkanes of at least 4 members (excludes halogenated alkanes) is 5. The lowest BCUT2D eigenvalue weighted by Gasteiger charge is -2.15. The number of aliphatic carboxylic acids is 1. The van der Waals surface area contributed by atoms with Gasteiger partial charge in [-0.15, -0.1) is 0 Å². The summed E-state index contributed by atoms with van der Waals surface area (Å²) in [6.45, 7) is 5.52. The summed E-state index contributed by atoms with van der Waals surface area (Å²) in [5.74, 6) is -0.246. The van der Waals surface area contributed by atoms with E-state index >= 15 is 0 Å². The molecule has 0 amide bonds. The normalized spacial score (nSPS) is 20.9. The smallest absolute Gasteiger partial charge is 0.303 e. The van der Waals surface area contributed by atoms with Gasteiger partial charge in [0.1, 0.15) is 0 Å². The third kappa shape index (κ3) is 6.67. The highest BCUT2D eigenvalue weighted by molar-refractivity contribution is 5.67. The number of nitrogens with zero attached hydrogens (tertiary/aromatic N) is 1. The zero-order valence-corrected chi connectivity index (χ0v) is 11.2. The molecule has 1 N–H and O–H groups in total. The average Bonchev–Trinajstić information content (AvgIpc) is 2.70. The molecule has 0 aliphatic carbocycles. The minimum absolute atomic E-state index is 0.354. The maximum absolute atomic E-state index is 10.6. The van der Waals surface area contributed by atoms with Gasteiger partial charge in [-0.3, -0.25) is 4.79 Å². The fraction of sp³-hybridized carbons (Fsp3) is 0.929. The van der Waals surface area contributed by atoms with Crippen molar-refractivity contribution in [3.8, 4) is 0 Å². The first kappa shape index (κ1) is 14.5. The molecule has 1 rings (SSSR count). The predicted molar refractivity (Wildman–Crippen MR) is 70.2 cm³/mol. The highest BCUT2D eigenvalue weighted by Crippen LogP contribution is 2.20. The molecule has 0 spiro atoms. The van der Waals surface area contributed by atoms with E-state index in [1.165, 1.54) is 45.1 Å². The molecule has 1 atom stereocenters. The van der Waals surface area contributed by atoms with Gasteiger partial charge in [0.2, 0.25) is 0 Å². The molecule has 1 fully saturated rings. The minimum atomic E-state index is -0.642. The zero-order chi connectivity index (χ0) is 12.5. The summed E-state index contributed by atoms with van der Waals surface area (Å²) in [5, 5.41) is 8.74. The van der Waals surface area contributed by atoms with Crippen LogP contribution in [0.15, 0.2) is 0 Å². The highest BCUT2D eigenvalue weighted by atomic mass is 16.4. The number of carboxylic acids is 1. The van der Waals surface area contributed by atoms with Crippen LogP contribution >= 0.6 is 0 Å². The Balaban J connectivity index is 1.96. The van der Waals surface area contributed by atoms with Crippen molar-refractivity contribution in [3.63, 3.8) is 0 Å². The topological polar surface area (TPSA) is 40.5 Å². The van der Waals surface area contributed by atoms with E-state index in [0.717, 1.165) is 19.5 Å². The molecule has 0 aromatic carbocycles. The molecule has 17 heavy (non-hydrogen) atoms. The van der Waals surface area contributed by atoms with Gasteiger partial charge in [-0.2, -0.15) is 0 Å². The Hall–Kier alpha value is -0.570. The lowest BCUT2D eigenvalue weighted by Crippen LogP contribution is -2.22. The molecule has 1 heterocycles. The van der Waals surface area contributed by atoms with Crippen LogP contribution in [-0.2, 0) is 4.79 Å². The van der Waals surface area contributed by atoms with Gasteiger partial charge < -0.3 is 10.0 Å². The van der Waals surface area contributed by atoms with Crippen molar-refractivity contribution < 1.29 is 9.90 Å². The van der Waals surface area contributed by atoms with Crippen LogP contribution < -0.4 is 0 Å². The summed E-state index contributed by atoms with van der Waals surface area (Å²) in [7, 11) is 0. The largest absolute Gasteiger partial charge is 0.481 e. The zero-order valence-electron chi connectivity index (χ0n) is 11.2. The van der Waals surface area contributed by atoms with E-state index in [1.54, 1.807) is 0 Å². The Morgan fingerprint density at radius 3 is 2.65 bits per heavy atom. The first-order valence-electron chi connectivity index (χ1n) is 7.16. The maximum atomic E-state index is 10.6. The van der Waals surface area contributed by atoms with E-state index in [-0.39, 0.29) is 0 Å². The van der Waals surface area contributed by atoms with Crippen LogP contribution in [0.1, 0.15) is 58.3 Å². The summed E-state index contributed by atoms with van der Waals surface area (Å²) in [6.07, 6.45) is 9.45. The fourth-order valence-corrected chi connectivity index (χ4v) is 2.65. The van der Waals surface area contributed by atoms with Gasteiger partial charge in [0.15, 0.2) is 0 Å². The van der Waals surface area contributed by atoms with Gasteiger partial charge in [-0.1, -0.05) is 39.0 Å². The molecule has 1 aliphatic heterocycles. The van der Waals surface area contributed by atoms with Crippen molar-refractivity contribution in [2.75, 3.05) is 19.6 Å². The molecule has 0 bridgehead atoms. The van der Waals surface area contributed by atoms with Gasteiger partial charge in [0.05, 0.1) is 0 Å². The average molecular weight is 241 g/mol.